The molecule has 7 nitrogen and oxygen atoms in total. The highest BCUT2D eigenvalue weighted by molar-refractivity contribution is 5.96. The monoisotopic (exact) mass is 405 g/mol. The summed E-state index contributed by atoms with van der Waals surface area (Å²) in [4.78, 5) is 26.8. The van der Waals surface area contributed by atoms with Crippen LogP contribution in [0.4, 0.5) is 4.79 Å². The van der Waals surface area contributed by atoms with Gasteiger partial charge >= 0.3 is 12.1 Å². The largest absolute Gasteiger partial charge is 0.492 e. The fourth-order valence-corrected chi connectivity index (χ4v) is 3.64. The van der Waals surface area contributed by atoms with Gasteiger partial charge in [0.05, 0.1) is 6.61 Å². The maximum absolute atomic E-state index is 12.5. The van der Waals surface area contributed by atoms with E-state index >= 15 is 0 Å². The van der Waals surface area contributed by atoms with Gasteiger partial charge in [-0.25, -0.2) is 9.59 Å². The quantitative estimate of drug-likeness (QED) is 0.685. The van der Waals surface area contributed by atoms with Crippen molar-refractivity contribution in [1.82, 2.24) is 4.90 Å². The molecule has 1 fully saturated rings. The van der Waals surface area contributed by atoms with Crippen LogP contribution in [0.1, 0.15) is 70.7 Å². The second-order valence-corrected chi connectivity index (χ2v) is 8.98. The zero-order valence-electron chi connectivity index (χ0n) is 17.9. The number of likely N-dealkylation sites (tertiary alicyclic amines) is 1. The van der Waals surface area contributed by atoms with E-state index in [9.17, 15) is 9.59 Å². The van der Waals surface area contributed by atoms with E-state index in [1.165, 1.54) is 0 Å². The Hall–Kier alpha value is -2.44. The summed E-state index contributed by atoms with van der Waals surface area (Å²) >= 11 is 0. The van der Waals surface area contributed by atoms with Gasteiger partial charge in [0.1, 0.15) is 22.7 Å². The standard InChI is InChI=1S/C22H31NO6/c1-21(2,3)29-20(25)23-13-7-6-9-15(23)12-14-26-16-10-8-11-17-18(16)19(24)28-22(4,5)27-17/h8,10-11,15H,6-7,9,12-14H2,1-5H3/t15-/m0/s1. The van der Waals surface area contributed by atoms with E-state index in [4.69, 9.17) is 18.9 Å². The van der Waals surface area contributed by atoms with E-state index in [0.717, 1.165) is 19.3 Å². The van der Waals surface area contributed by atoms with E-state index in [0.29, 0.717) is 36.6 Å². The van der Waals surface area contributed by atoms with Crippen molar-refractivity contribution in [3.05, 3.63) is 23.8 Å². The first-order valence-electron chi connectivity index (χ1n) is 10.2. The van der Waals surface area contributed by atoms with Crippen molar-refractivity contribution in [3.8, 4) is 11.5 Å². The van der Waals surface area contributed by atoms with Gasteiger partial charge in [-0.05, 0) is 52.2 Å². The molecule has 0 radical (unpaired) electrons. The van der Waals surface area contributed by atoms with Crippen LogP contribution in [0.15, 0.2) is 18.2 Å². The Kier molecular flexibility index (Phi) is 5.96. The topological polar surface area (TPSA) is 74.3 Å². The van der Waals surface area contributed by atoms with Gasteiger partial charge in [-0.1, -0.05) is 6.07 Å². The number of amides is 1. The molecule has 0 saturated carbocycles. The van der Waals surface area contributed by atoms with Gasteiger partial charge in [-0.2, -0.15) is 0 Å². The molecular weight excluding hydrogens is 374 g/mol. The van der Waals surface area contributed by atoms with E-state index in [1.54, 1.807) is 36.9 Å². The Balaban J connectivity index is 1.64. The molecule has 1 atom stereocenters. The number of piperidine rings is 1. The summed E-state index contributed by atoms with van der Waals surface area (Å²) in [5, 5.41) is 0. The number of cyclic esters (lactones) is 1. The SMILES string of the molecule is CC(C)(C)OC(=O)N1CCCC[C@H]1CCOc1cccc2c1C(=O)OC(C)(C)O2. The van der Waals surface area contributed by atoms with Crippen molar-refractivity contribution in [2.75, 3.05) is 13.2 Å². The van der Waals surface area contributed by atoms with E-state index in [-0.39, 0.29) is 12.1 Å². The van der Waals surface area contributed by atoms with Crippen LogP contribution in [-0.4, -0.2) is 47.5 Å². The Bertz CT molecular complexity index is 767. The van der Waals surface area contributed by atoms with E-state index in [1.807, 2.05) is 20.8 Å². The molecule has 1 aromatic rings. The van der Waals surface area contributed by atoms with Crippen molar-refractivity contribution in [1.29, 1.82) is 0 Å². The summed E-state index contributed by atoms with van der Waals surface area (Å²) in [6.45, 7) is 10.0. The second kappa shape index (κ2) is 8.13. The van der Waals surface area contributed by atoms with Gasteiger partial charge in [0.25, 0.3) is 0 Å². The minimum absolute atomic E-state index is 0.0558. The molecule has 1 aromatic carbocycles. The second-order valence-electron chi connectivity index (χ2n) is 8.98. The van der Waals surface area contributed by atoms with Crippen molar-refractivity contribution < 1.29 is 28.5 Å². The zero-order valence-corrected chi connectivity index (χ0v) is 17.9. The highest BCUT2D eigenvalue weighted by atomic mass is 16.7. The van der Waals surface area contributed by atoms with Crippen molar-refractivity contribution in [2.45, 2.75) is 77.7 Å². The third-order valence-corrected chi connectivity index (χ3v) is 4.85. The fraction of sp³-hybridized carbons (Fsp3) is 0.636. The Labute approximate surface area is 172 Å². The maximum atomic E-state index is 12.5. The number of hydrogen-bond acceptors (Lipinski definition) is 6. The number of esters is 1. The number of carbonyl (C=O) groups is 2. The average Bonchev–Trinajstić information content (AvgIpc) is 2.59. The third kappa shape index (κ3) is 5.34. The number of nitrogens with zero attached hydrogens (tertiary/aromatic N) is 1. The van der Waals surface area contributed by atoms with Gasteiger partial charge in [-0.15, -0.1) is 0 Å². The lowest BCUT2D eigenvalue weighted by atomic mass is 10.0. The molecule has 7 heteroatoms. The van der Waals surface area contributed by atoms with Crippen LogP contribution in [0, 0.1) is 0 Å². The number of ether oxygens (including phenoxy) is 4. The van der Waals surface area contributed by atoms with Crippen LogP contribution < -0.4 is 9.47 Å². The molecule has 3 rings (SSSR count). The molecule has 0 aromatic heterocycles. The molecular formula is C22H31NO6. The molecule has 1 amide bonds. The first kappa shape index (κ1) is 21.3. The molecule has 2 aliphatic rings. The third-order valence-electron chi connectivity index (χ3n) is 4.85. The minimum Gasteiger partial charge on any atom is -0.492 e. The number of rotatable bonds is 4. The Morgan fingerprint density at radius 2 is 2.00 bits per heavy atom. The van der Waals surface area contributed by atoms with Crippen LogP contribution in [0.25, 0.3) is 0 Å². The minimum atomic E-state index is -1.00. The van der Waals surface area contributed by atoms with Gasteiger partial charge in [0.2, 0.25) is 5.79 Å². The van der Waals surface area contributed by atoms with E-state index in [2.05, 4.69) is 0 Å². The molecule has 0 aliphatic carbocycles. The smallest absolute Gasteiger partial charge is 0.410 e. The summed E-state index contributed by atoms with van der Waals surface area (Å²) in [6.07, 6.45) is 3.33. The van der Waals surface area contributed by atoms with Gasteiger partial charge in [-0.3, -0.25) is 0 Å². The molecule has 0 unspecified atom stereocenters. The van der Waals surface area contributed by atoms with Crippen LogP contribution in [-0.2, 0) is 9.47 Å². The lowest BCUT2D eigenvalue weighted by Crippen LogP contribution is -2.46. The van der Waals surface area contributed by atoms with Crippen molar-refractivity contribution in [2.24, 2.45) is 0 Å². The molecule has 0 bridgehead atoms. The Morgan fingerprint density at radius 3 is 2.72 bits per heavy atom. The van der Waals surface area contributed by atoms with Crippen molar-refractivity contribution in [3.63, 3.8) is 0 Å². The lowest BCUT2D eigenvalue weighted by Gasteiger charge is -2.37. The average molecular weight is 405 g/mol. The zero-order chi connectivity index (χ0) is 21.2. The maximum Gasteiger partial charge on any atom is 0.410 e. The van der Waals surface area contributed by atoms with Gasteiger partial charge < -0.3 is 23.8 Å². The molecule has 2 aliphatic heterocycles. The summed E-state index contributed by atoms with van der Waals surface area (Å²) < 4.78 is 22.5. The van der Waals surface area contributed by atoms with Crippen LogP contribution in [0.3, 0.4) is 0 Å². The molecule has 2 heterocycles. The predicted molar refractivity (Wildman–Crippen MR) is 107 cm³/mol. The number of fused-ring (bicyclic) bond motifs is 1. The molecule has 160 valence electrons. The first-order valence-corrected chi connectivity index (χ1v) is 10.2. The highest BCUT2D eigenvalue weighted by Gasteiger charge is 2.36. The number of carbonyl (C=O) groups excluding carboxylic acids is 2. The fourth-order valence-electron chi connectivity index (χ4n) is 3.64. The number of benzene rings is 1. The lowest BCUT2D eigenvalue weighted by molar-refractivity contribution is -0.127. The van der Waals surface area contributed by atoms with Crippen LogP contribution in [0.2, 0.25) is 0 Å². The highest BCUT2D eigenvalue weighted by Crippen LogP contribution is 2.37. The summed E-state index contributed by atoms with van der Waals surface area (Å²) in [5.41, 5.74) is -0.216. The van der Waals surface area contributed by atoms with Crippen LogP contribution >= 0.6 is 0 Å². The van der Waals surface area contributed by atoms with E-state index < -0.39 is 17.4 Å². The van der Waals surface area contributed by atoms with Crippen LogP contribution in [0.5, 0.6) is 11.5 Å². The van der Waals surface area contributed by atoms with Gasteiger partial charge in [0.15, 0.2) is 0 Å². The molecule has 29 heavy (non-hydrogen) atoms. The normalized spacial score (nSPS) is 20.9. The first-order chi connectivity index (χ1) is 13.6. The molecule has 1 saturated heterocycles. The summed E-state index contributed by atoms with van der Waals surface area (Å²) in [7, 11) is 0. The molecule has 0 N–H and O–H groups in total. The summed E-state index contributed by atoms with van der Waals surface area (Å²) in [5.74, 6) is -0.571. The Morgan fingerprint density at radius 1 is 1.24 bits per heavy atom. The van der Waals surface area contributed by atoms with Crippen molar-refractivity contribution >= 4 is 12.1 Å². The van der Waals surface area contributed by atoms with Gasteiger partial charge in [0, 0.05) is 32.9 Å². The predicted octanol–water partition coefficient (Wildman–Crippen LogP) is 4.53. The molecule has 0 spiro atoms. The number of hydrogen-bond donors (Lipinski definition) is 0. The summed E-state index contributed by atoms with van der Waals surface area (Å²) in [6, 6.07) is 5.31.